The minimum absolute atomic E-state index is 0.179. The number of hydrogen-bond donors (Lipinski definition) is 0. The van der Waals surface area contributed by atoms with Crippen molar-refractivity contribution in [2.24, 2.45) is 5.10 Å². The Bertz CT molecular complexity index is 1230. The topological polar surface area (TPSA) is 51.1 Å². The highest BCUT2D eigenvalue weighted by Crippen LogP contribution is 2.36. The van der Waals surface area contributed by atoms with Crippen LogP contribution in [-0.4, -0.2) is 24.8 Å². The summed E-state index contributed by atoms with van der Waals surface area (Å²) < 4.78 is 11.8. The minimum Gasteiger partial charge on any atom is -0.490 e. The van der Waals surface area contributed by atoms with Crippen LogP contribution in [0.3, 0.4) is 0 Å². The Labute approximate surface area is 200 Å². The van der Waals surface area contributed by atoms with Crippen LogP contribution in [0.2, 0.25) is 0 Å². The van der Waals surface area contributed by atoms with Crippen molar-refractivity contribution in [2.45, 2.75) is 20.3 Å². The summed E-state index contributed by atoms with van der Waals surface area (Å²) in [6.07, 6.45) is 4.33. The maximum Gasteiger partial charge on any atom is 0.281 e. The summed E-state index contributed by atoms with van der Waals surface area (Å²) >= 11 is 0. The summed E-state index contributed by atoms with van der Waals surface area (Å²) in [4.78, 5) is 13.6. The van der Waals surface area contributed by atoms with Gasteiger partial charge in [-0.3, -0.25) is 4.79 Å². The highest BCUT2D eigenvalue weighted by Gasteiger charge is 2.32. The molecular formula is C29H28N2O3. The number of hydrazone groups is 1. The van der Waals surface area contributed by atoms with Crippen molar-refractivity contribution in [3.63, 3.8) is 0 Å². The van der Waals surface area contributed by atoms with Gasteiger partial charge >= 0.3 is 0 Å². The van der Waals surface area contributed by atoms with Crippen molar-refractivity contribution in [1.82, 2.24) is 0 Å². The molecule has 34 heavy (non-hydrogen) atoms. The number of ether oxygens (including phenoxy) is 2. The lowest BCUT2D eigenvalue weighted by Gasteiger charge is -2.16. The van der Waals surface area contributed by atoms with Gasteiger partial charge < -0.3 is 9.47 Å². The molecule has 1 aliphatic heterocycles. The van der Waals surface area contributed by atoms with Gasteiger partial charge in [-0.2, -0.15) is 10.1 Å². The molecule has 0 N–H and O–H groups in total. The molecule has 5 heteroatoms. The number of carbonyl (C=O) groups excluding carboxylic acids is 1. The fourth-order valence-corrected chi connectivity index (χ4v) is 3.91. The predicted molar refractivity (Wildman–Crippen MR) is 138 cm³/mol. The molecule has 1 amide bonds. The molecule has 3 aromatic carbocycles. The van der Waals surface area contributed by atoms with Crippen LogP contribution >= 0.6 is 0 Å². The third kappa shape index (κ3) is 4.79. The fourth-order valence-electron chi connectivity index (χ4n) is 3.91. The summed E-state index contributed by atoms with van der Waals surface area (Å²) in [5.41, 5.74) is 4.54. The van der Waals surface area contributed by atoms with Gasteiger partial charge in [0.2, 0.25) is 0 Å². The number of para-hydroxylation sites is 1. The quantitative estimate of drug-likeness (QED) is 0.293. The van der Waals surface area contributed by atoms with Gasteiger partial charge in [-0.15, -0.1) is 6.58 Å². The number of hydrogen-bond acceptors (Lipinski definition) is 4. The van der Waals surface area contributed by atoms with Gasteiger partial charge in [0.15, 0.2) is 11.5 Å². The number of rotatable bonds is 9. The van der Waals surface area contributed by atoms with Gasteiger partial charge in [-0.1, -0.05) is 54.6 Å². The van der Waals surface area contributed by atoms with Crippen LogP contribution < -0.4 is 14.5 Å². The Balaban J connectivity index is 1.85. The van der Waals surface area contributed by atoms with Gasteiger partial charge in [-0.25, -0.2) is 0 Å². The zero-order chi connectivity index (χ0) is 23.9. The van der Waals surface area contributed by atoms with E-state index in [-0.39, 0.29) is 5.91 Å². The molecule has 4 rings (SSSR count). The van der Waals surface area contributed by atoms with Gasteiger partial charge in [0.1, 0.15) is 5.71 Å². The van der Waals surface area contributed by atoms with Crippen LogP contribution in [-0.2, 0) is 11.2 Å². The standard InChI is InChI=1S/C29H28N2O3/c1-4-13-23-18-21(20-26(33-5-2)28(23)34-6-3)19-25-27(22-14-9-7-10-15-22)30-31(29(25)32)24-16-11-8-12-17-24/h4,7-12,14-20H,1,5-6,13H2,2-3H3/b25-19-. The second-order valence-corrected chi connectivity index (χ2v) is 7.69. The van der Waals surface area contributed by atoms with Gasteiger partial charge in [-0.05, 0) is 56.2 Å². The van der Waals surface area contributed by atoms with E-state index in [2.05, 4.69) is 6.58 Å². The number of benzene rings is 3. The highest BCUT2D eigenvalue weighted by atomic mass is 16.5. The lowest BCUT2D eigenvalue weighted by atomic mass is 9.98. The SMILES string of the molecule is C=CCc1cc(/C=C2\C(=O)N(c3ccccc3)N=C2c2ccccc2)cc(OCC)c1OCC. The Kier molecular flexibility index (Phi) is 7.23. The largest absolute Gasteiger partial charge is 0.490 e. The van der Waals surface area contributed by atoms with E-state index in [0.717, 1.165) is 22.4 Å². The van der Waals surface area contributed by atoms with Crippen molar-refractivity contribution >= 4 is 23.4 Å². The van der Waals surface area contributed by atoms with Crippen LogP contribution in [0.15, 0.2) is 96.1 Å². The van der Waals surface area contributed by atoms with E-state index in [4.69, 9.17) is 14.6 Å². The molecule has 0 saturated carbocycles. The second kappa shape index (κ2) is 10.7. The van der Waals surface area contributed by atoms with Crippen molar-refractivity contribution in [3.05, 3.63) is 108 Å². The molecule has 3 aromatic rings. The van der Waals surface area contributed by atoms with Gasteiger partial charge in [0.25, 0.3) is 5.91 Å². The van der Waals surface area contributed by atoms with Crippen molar-refractivity contribution in [2.75, 3.05) is 18.2 Å². The smallest absolute Gasteiger partial charge is 0.281 e. The molecule has 0 aliphatic carbocycles. The maximum atomic E-state index is 13.6. The maximum absolute atomic E-state index is 13.6. The summed E-state index contributed by atoms with van der Waals surface area (Å²) in [7, 11) is 0. The number of allylic oxidation sites excluding steroid dienone is 1. The van der Waals surface area contributed by atoms with Crippen LogP contribution in [0, 0.1) is 0 Å². The van der Waals surface area contributed by atoms with E-state index >= 15 is 0 Å². The van der Waals surface area contributed by atoms with E-state index < -0.39 is 0 Å². The molecule has 5 nitrogen and oxygen atoms in total. The number of anilines is 1. The van der Waals surface area contributed by atoms with E-state index in [9.17, 15) is 4.79 Å². The molecule has 0 atom stereocenters. The third-order valence-corrected chi connectivity index (χ3v) is 5.34. The summed E-state index contributed by atoms with van der Waals surface area (Å²) in [6, 6.07) is 23.1. The zero-order valence-corrected chi connectivity index (χ0v) is 19.5. The van der Waals surface area contributed by atoms with E-state index in [1.54, 1.807) is 0 Å². The first-order valence-electron chi connectivity index (χ1n) is 11.4. The second-order valence-electron chi connectivity index (χ2n) is 7.69. The van der Waals surface area contributed by atoms with Crippen molar-refractivity contribution in [3.8, 4) is 11.5 Å². The van der Waals surface area contributed by atoms with Crippen LogP contribution in [0.1, 0.15) is 30.5 Å². The zero-order valence-electron chi connectivity index (χ0n) is 19.5. The molecule has 0 spiro atoms. The fraction of sp³-hybridized carbons (Fsp3) is 0.172. The average molecular weight is 453 g/mol. The summed E-state index contributed by atoms with van der Waals surface area (Å²) in [5.74, 6) is 1.19. The number of carbonyl (C=O) groups is 1. The molecule has 1 heterocycles. The first-order chi connectivity index (χ1) is 16.7. The Hall–Kier alpha value is -4.12. The molecule has 1 aliphatic rings. The monoisotopic (exact) mass is 452 g/mol. The lowest BCUT2D eigenvalue weighted by molar-refractivity contribution is -0.114. The lowest BCUT2D eigenvalue weighted by Crippen LogP contribution is -2.21. The molecule has 0 fully saturated rings. The molecule has 0 bridgehead atoms. The van der Waals surface area contributed by atoms with Gasteiger partial charge in [0, 0.05) is 11.1 Å². The normalized spacial score (nSPS) is 14.3. The summed E-state index contributed by atoms with van der Waals surface area (Å²) in [5, 5.41) is 6.17. The Morgan fingerprint density at radius 3 is 2.26 bits per heavy atom. The first-order valence-corrected chi connectivity index (χ1v) is 11.4. The average Bonchev–Trinajstić information content (AvgIpc) is 3.18. The summed E-state index contributed by atoms with van der Waals surface area (Å²) in [6.45, 7) is 8.80. The molecule has 0 unspecified atom stereocenters. The Morgan fingerprint density at radius 2 is 1.62 bits per heavy atom. The molecule has 172 valence electrons. The van der Waals surface area contributed by atoms with E-state index in [1.807, 2.05) is 98.8 Å². The molecule has 0 saturated heterocycles. The Morgan fingerprint density at radius 1 is 0.941 bits per heavy atom. The molecule has 0 aromatic heterocycles. The van der Waals surface area contributed by atoms with Crippen LogP contribution in [0.4, 0.5) is 5.69 Å². The van der Waals surface area contributed by atoms with Crippen molar-refractivity contribution in [1.29, 1.82) is 0 Å². The highest BCUT2D eigenvalue weighted by molar-refractivity contribution is 6.37. The molecular weight excluding hydrogens is 424 g/mol. The van der Waals surface area contributed by atoms with E-state index in [0.29, 0.717) is 42.4 Å². The molecule has 0 radical (unpaired) electrons. The minimum atomic E-state index is -0.179. The number of amides is 1. The number of nitrogens with zero attached hydrogens (tertiary/aromatic N) is 2. The first kappa shape index (κ1) is 23.1. The predicted octanol–water partition coefficient (Wildman–Crippen LogP) is 6.05. The van der Waals surface area contributed by atoms with Crippen molar-refractivity contribution < 1.29 is 14.3 Å². The third-order valence-electron chi connectivity index (χ3n) is 5.34. The van der Waals surface area contributed by atoms with Crippen LogP contribution in [0.25, 0.3) is 6.08 Å². The van der Waals surface area contributed by atoms with E-state index in [1.165, 1.54) is 5.01 Å². The van der Waals surface area contributed by atoms with Gasteiger partial charge in [0.05, 0.1) is 24.5 Å². The van der Waals surface area contributed by atoms with Crippen LogP contribution in [0.5, 0.6) is 11.5 Å².